The van der Waals surface area contributed by atoms with E-state index in [2.05, 4.69) is 34.5 Å². The van der Waals surface area contributed by atoms with Crippen molar-refractivity contribution in [2.75, 3.05) is 39.4 Å². The molecule has 2 fully saturated rings. The van der Waals surface area contributed by atoms with E-state index in [1.165, 1.54) is 17.5 Å². The summed E-state index contributed by atoms with van der Waals surface area (Å²) in [6, 6.07) is 8.59. The normalized spacial score (nSPS) is 29.9. The second-order valence-electron chi connectivity index (χ2n) is 7.74. The highest BCUT2D eigenvalue weighted by molar-refractivity contribution is 5.84. The van der Waals surface area contributed by atoms with Crippen LogP contribution in [0.5, 0.6) is 0 Å². The average molecular weight is 344 g/mol. The molecular formula is C20H28N2O3. The molecule has 0 radical (unpaired) electrons. The van der Waals surface area contributed by atoms with Gasteiger partial charge < -0.3 is 15.2 Å². The maximum atomic E-state index is 12.6. The number of aryl methyl sites for hydroxylation is 1. The van der Waals surface area contributed by atoms with Crippen molar-refractivity contribution >= 4 is 5.91 Å². The SMILES string of the molecule is O=C(NCC(O)CN1CCOCC1)C1CC12CCCc1ccccc12. The number of amides is 1. The Morgan fingerprint density at radius 1 is 1.36 bits per heavy atom. The number of benzene rings is 1. The highest BCUT2D eigenvalue weighted by Crippen LogP contribution is 2.60. The molecule has 1 spiro atoms. The van der Waals surface area contributed by atoms with Gasteiger partial charge in [0.1, 0.15) is 0 Å². The lowest BCUT2D eigenvalue weighted by molar-refractivity contribution is -0.123. The molecule has 25 heavy (non-hydrogen) atoms. The van der Waals surface area contributed by atoms with Crippen LogP contribution in [0.3, 0.4) is 0 Å². The molecule has 136 valence electrons. The second-order valence-corrected chi connectivity index (χ2v) is 7.74. The minimum Gasteiger partial charge on any atom is -0.390 e. The van der Waals surface area contributed by atoms with Crippen LogP contribution in [0.4, 0.5) is 0 Å². The molecule has 5 heteroatoms. The third kappa shape index (κ3) is 3.46. The van der Waals surface area contributed by atoms with Crippen LogP contribution in [0.15, 0.2) is 24.3 Å². The van der Waals surface area contributed by atoms with Gasteiger partial charge in [-0.15, -0.1) is 0 Å². The fourth-order valence-electron chi connectivity index (χ4n) is 4.66. The molecule has 5 nitrogen and oxygen atoms in total. The first-order valence-electron chi connectivity index (χ1n) is 9.53. The third-order valence-electron chi connectivity index (χ3n) is 6.10. The number of rotatable bonds is 5. The van der Waals surface area contributed by atoms with Gasteiger partial charge >= 0.3 is 0 Å². The summed E-state index contributed by atoms with van der Waals surface area (Å²) in [6.45, 7) is 4.10. The van der Waals surface area contributed by atoms with E-state index in [0.29, 0.717) is 13.1 Å². The molecule has 1 amide bonds. The molecule has 3 unspecified atom stereocenters. The Morgan fingerprint density at radius 3 is 3.00 bits per heavy atom. The first-order valence-corrected chi connectivity index (χ1v) is 9.53. The van der Waals surface area contributed by atoms with E-state index in [9.17, 15) is 9.90 Å². The summed E-state index contributed by atoms with van der Waals surface area (Å²) in [5, 5.41) is 13.2. The number of nitrogens with one attached hydrogen (secondary N) is 1. The number of morpholine rings is 1. The monoisotopic (exact) mass is 344 g/mol. The van der Waals surface area contributed by atoms with Crippen LogP contribution >= 0.6 is 0 Å². The molecule has 0 aromatic heterocycles. The van der Waals surface area contributed by atoms with E-state index in [-0.39, 0.29) is 17.2 Å². The van der Waals surface area contributed by atoms with Gasteiger partial charge in [0.15, 0.2) is 0 Å². The zero-order valence-corrected chi connectivity index (χ0v) is 14.7. The number of fused-ring (bicyclic) bond motifs is 2. The van der Waals surface area contributed by atoms with Crippen LogP contribution in [0.2, 0.25) is 0 Å². The number of β-amino-alcohol motifs (C(OH)–C–C–N with tert-alkyl or cyclic N) is 1. The largest absolute Gasteiger partial charge is 0.390 e. The molecule has 1 aromatic carbocycles. The molecule has 0 bridgehead atoms. The summed E-state index contributed by atoms with van der Waals surface area (Å²) in [6.07, 6.45) is 3.84. The second kappa shape index (κ2) is 7.06. The van der Waals surface area contributed by atoms with E-state index < -0.39 is 6.10 Å². The van der Waals surface area contributed by atoms with Gasteiger partial charge in [-0.3, -0.25) is 9.69 Å². The van der Waals surface area contributed by atoms with Crippen LogP contribution < -0.4 is 5.32 Å². The number of hydrogen-bond donors (Lipinski definition) is 2. The Kier molecular flexibility index (Phi) is 4.80. The minimum atomic E-state index is -0.518. The quantitative estimate of drug-likeness (QED) is 0.839. The highest BCUT2D eigenvalue weighted by Gasteiger charge is 2.59. The maximum Gasteiger partial charge on any atom is 0.224 e. The molecular weight excluding hydrogens is 316 g/mol. The van der Waals surface area contributed by atoms with Gasteiger partial charge in [0.2, 0.25) is 5.91 Å². The fourth-order valence-corrected chi connectivity index (χ4v) is 4.66. The molecule has 1 aromatic rings. The van der Waals surface area contributed by atoms with E-state index >= 15 is 0 Å². The fraction of sp³-hybridized carbons (Fsp3) is 0.650. The number of nitrogens with zero attached hydrogens (tertiary/aromatic N) is 1. The van der Waals surface area contributed by atoms with E-state index in [0.717, 1.165) is 45.6 Å². The summed E-state index contributed by atoms with van der Waals surface area (Å²) in [7, 11) is 0. The molecule has 1 saturated heterocycles. The zero-order chi connectivity index (χ0) is 17.3. The van der Waals surface area contributed by atoms with Crippen molar-refractivity contribution in [2.24, 2.45) is 5.92 Å². The maximum absolute atomic E-state index is 12.6. The van der Waals surface area contributed by atoms with Crippen LogP contribution in [0.1, 0.15) is 30.4 Å². The van der Waals surface area contributed by atoms with E-state index in [1.807, 2.05) is 0 Å². The summed E-state index contributed by atoms with van der Waals surface area (Å²) < 4.78 is 5.32. The van der Waals surface area contributed by atoms with Gasteiger partial charge in [-0.2, -0.15) is 0 Å². The lowest BCUT2D eigenvalue weighted by atomic mass is 9.78. The van der Waals surface area contributed by atoms with Crippen molar-refractivity contribution in [2.45, 2.75) is 37.2 Å². The van der Waals surface area contributed by atoms with Crippen LogP contribution in [0, 0.1) is 5.92 Å². The Hall–Kier alpha value is -1.43. The van der Waals surface area contributed by atoms with Crippen LogP contribution in [0.25, 0.3) is 0 Å². The molecule has 1 aliphatic heterocycles. The van der Waals surface area contributed by atoms with E-state index in [4.69, 9.17) is 4.74 Å². The Labute approximate surface area is 149 Å². The number of ether oxygens (including phenoxy) is 1. The van der Waals surface area contributed by atoms with Gasteiger partial charge in [-0.05, 0) is 36.8 Å². The zero-order valence-electron chi connectivity index (χ0n) is 14.7. The Bertz CT molecular complexity index is 629. The number of carbonyl (C=O) groups is 1. The lowest BCUT2D eigenvalue weighted by Crippen LogP contribution is -2.45. The predicted molar refractivity (Wildman–Crippen MR) is 95.4 cm³/mol. The summed E-state index contributed by atoms with van der Waals surface area (Å²) >= 11 is 0. The minimum absolute atomic E-state index is 0.0636. The number of hydrogen-bond acceptors (Lipinski definition) is 4. The van der Waals surface area contributed by atoms with Gasteiger partial charge in [0, 0.05) is 37.5 Å². The van der Waals surface area contributed by atoms with Crippen molar-refractivity contribution in [3.8, 4) is 0 Å². The standard InChI is InChI=1S/C20H28N2O3/c23-16(14-22-8-10-25-11-9-22)13-21-19(24)18-12-20(18)7-3-5-15-4-1-2-6-17(15)20/h1-2,4,6,16,18,23H,3,5,7-14H2,(H,21,24). The van der Waals surface area contributed by atoms with Crippen LogP contribution in [-0.4, -0.2) is 61.4 Å². The average Bonchev–Trinajstić information content (AvgIpc) is 3.36. The Balaban J connectivity index is 1.30. The third-order valence-corrected chi connectivity index (χ3v) is 6.10. The number of aliphatic hydroxyl groups is 1. The van der Waals surface area contributed by atoms with Crippen molar-refractivity contribution in [1.82, 2.24) is 10.2 Å². The summed E-state index contributed by atoms with van der Waals surface area (Å²) in [5.74, 6) is 0.183. The first-order chi connectivity index (χ1) is 12.2. The van der Waals surface area contributed by atoms with Crippen molar-refractivity contribution in [3.63, 3.8) is 0 Å². The first kappa shape index (κ1) is 17.0. The Morgan fingerprint density at radius 2 is 2.16 bits per heavy atom. The summed E-state index contributed by atoms with van der Waals surface area (Å²) in [5.41, 5.74) is 2.86. The topological polar surface area (TPSA) is 61.8 Å². The smallest absolute Gasteiger partial charge is 0.224 e. The van der Waals surface area contributed by atoms with Gasteiger partial charge in [0.25, 0.3) is 0 Å². The van der Waals surface area contributed by atoms with Gasteiger partial charge in [-0.25, -0.2) is 0 Å². The van der Waals surface area contributed by atoms with Crippen LogP contribution in [-0.2, 0) is 21.4 Å². The molecule has 1 heterocycles. The lowest BCUT2D eigenvalue weighted by Gasteiger charge is -2.29. The van der Waals surface area contributed by atoms with E-state index in [1.54, 1.807) is 0 Å². The molecule has 3 atom stereocenters. The van der Waals surface area contributed by atoms with Gasteiger partial charge in [-0.1, -0.05) is 24.3 Å². The predicted octanol–water partition coefficient (Wildman–Crippen LogP) is 1.09. The molecule has 4 rings (SSSR count). The van der Waals surface area contributed by atoms with Crippen molar-refractivity contribution < 1.29 is 14.6 Å². The number of aliphatic hydroxyl groups excluding tert-OH is 1. The van der Waals surface area contributed by atoms with Gasteiger partial charge in [0.05, 0.1) is 19.3 Å². The van der Waals surface area contributed by atoms with Crippen molar-refractivity contribution in [3.05, 3.63) is 35.4 Å². The molecule has 2 N–H and O–H groups in total. The molecule has 1 saturated carbocycles. The van der Waals surface area contributed by atoms with Crippen molar-refractivity contribution in [1.29, 1.82) is 0 Å². The summed E-state index contributed by atoms with van der Waals surface area (Å²) in [4.78, 5) is 14.8. The number of carbonyl (C=O) groups excluding carboxylic acids is 1. The molecule has 2 aliphatic carbocycles. The molecule has 3 aliphatic rings. The highest BCUT2D eigenvalue weighted by atomic mass is 16.5.